The third kappa shape index (κ3) is 4.09. The van der Waals surface area contributed by atoms with Gasteiger partial charge < -0.3 is 5.32 Å². The van der Waals surface area contributed by atoms with Crippen LogP contribution in [0.15, 0.2) is 52.9 Å². The zero-order valence-corrected chi connectivity index (χ0v) is 14.4. The highest BCUT2D eigenvalue weighted by Crippen LogP contribution is 2.31. The second kappa shape index (κ2) is 7.41. The van der Waals surface area contributed by atoms with Crippen LogP contribution < -0.4 is 5.32 Å². The van der Waals surface area contributed by atoms with Crippen molar-refractivity contribution in [3.05, 3.63) is 69.8 Å². The molecule has 24 heavy (non-hydrogen) atoms. The number of nitrogens with one attached hydrogen (secondary N) is 1. The third-order valence-electron chi connectivity index (χ3n) is 3.28. The lowest BCUT2D eigenvalue weighted by Crippen LogP contribution is -1.91. The zero-order valence-electron chi connectivity index (χ0n) is 12.8. The van der Waals surface area contributed by atoms with Crippen molar-refractivity contribution in [3.63, 3.8) is 0 Å². The largest absolute Gasteiger partial charge is 0.330 e. The molecule has 122 valence electrons. The Morgan fingerprint density at radius 3 is 2.83 bits per heavy atom. The quantitative estimate of drug-likeness (QED) is 0.387. The van der Waals surface area contributed by atoms with Gasteiger partial charge in [0, 0.05) is 23.6 Å². The van der Waals surface area contributed by atoms with Crippen LogP contribution in [0.4, 0.5) is 16.5 Å². The summed E-state index contributed by atoms with van der Waals surface area (Å²) in [5.41, 5.74) is 3.13. The number of para-hydroxylation sites is 1. The maximum atomic E-state index is 10.8. The van der Waals surface area contributed by atoms with Gasteiger partial charge in [0.05, 0.1) is 4.92 Å². The van der Waals surface area contributed by atoms with E-state index in [4.69, 9.17) is 0 Å². The minimum absolute atomic E-state index is 0.104. The van der Waals surface area contributed by atoms with Crippen LogP contribution in [0.5, 0.6) is 0 Å². The van der Waals surface area contributed by atoms with Gasteiger partial charge in [-0.1, -0.05) is 53.4 Å². The third-order valence-corrected chi connectivity index (χ3v) is 5.32. The summed E-state index contributed by atoms with van der Waals surface area (Å²) < 4.78 is 0.817. The Bertz CT molecular complexity index is 867. The number of anilines is 2. The fourth-order valence-electron chi connectivity index (χ4n) is 2.05. The summed E-state index contributed by atoms with van der Waals surface area (Å²) in [6.45, 7) is 2.03. The van der Waals surface area contributed by atoms with E-state index in [9.17, 15) is 10.1 Å². The maximum Gasteiger partial charge on any atom is 0.269 e. The first-order valence-corrected chi connectivity index (χ1v) is 8.94. The molecule has 0 saturated heterocycles. The molecule has 3 aromatic rings. The second-order valence-corrected chi connectivity index (χ2v) is 7.23. The van der Waals surface area contributed by atoms with E-state index in [2.05, 4.69) is 15.5 Å². The van der Waals surface area contributed by atoms with Gasteiger partial charge in [0.1, 0.15) is 0 Å². The van der Waals surface area contributed by atoms with Gasteiger partial charge in [0.2, 0.25) is 5.13 Å². The fraction of sp³-hybridized carbons (Fsp3) is 0.125. The van der Waals surface area contributed by atoms with E-state index in [1.54, 1.807) is 12.1 Å². The molecule has 0 unspecified atom stereocenters. The van der Waals surface area contributed by atoms with Crippen LogP contribution >= 0.6 is 23.1 Å². The lowest BCUT2D eigenvalue weighted by Gasteiger charge is -2.04. The number of benzene rings is 2. The first-order valence-electron chi connectivity index (χ1n) is 7.14. The summed E-state index contributed by atoms with van der Waals surface area (Å²) in [5, 5.41) is 23.1. The molecule has 6 nitrogen and oxygen atoms in total. The highest BCUT2D eigenvalue weighted by molar-refractivity contribution is 8.00. The molecule has 0 bridgehead atoms. The van der Waals surface area contributed by atoms with Crippen LogP contribution in [0.25, 0.3) is 0 Å². The van der Waals surface area contributed by atoms with Crippen LogP contribution in [0, 0.1) is 17.0 Å². The number of non-ortho nitro benzene ring substituents is 1. The Kier molecular flexibility index (Phi) is 5.07. The number of nitro groups is 1. The summed E-state index contributed by atoms with van der Waals surface area (Å²) in [7, 11) is 0. The van der Waals surface area contributed by atoms with Gasteiger partial charge in [0.25, 0.3) is 5.69 Å². The Morgan fingerprint density at radius 2 is 2.04 bits per heavy atom. The molecule has 0 atom stereocenters. The van der Waals surface area contributed by atoms with Gasteiger partial charge in [-0.15, -0.1) is 10.2 Å². The predicted molar refractivity (Wildman–Crippen MR) is 97.0 cm³/mol. The molecule has 0 fully saturated rings. The van der Waals surface area contributed by atoms with E-state index in [0.717, 1.165) is 26.3 Å². The average Bonchev–Trinajstić information content (AvgIpc) is 3.03. The molecule has 3 rings (SSSR count). The topological polar surface area (TPSA) is 81.0 Å². The number of nitrogens with zero attached hydrogens (tertiary/aromatic N) is 3. The standard InChI is InChI=1S/C16H14N4O2S2/c1-11-5-2-3-8-14(11)17-15-18-19-16(24-15)23-10-12-6-4-7-13(9-12)20(21)22/h2-9H,10H2,1H3,(H,17,18). The number of hydrogen-bond acceptors (Lipinski definition) is 7. The average molecular weight is 358 g/mol. The number of hydrogen-bond donors (Lipinski definition) is 1. The molecule has 8 heteroatoms. The van der Waals surface area contributed by atoms with Gasteiger partial charge in [-0.25, -0.2) is 0 Å². The van der Waals surface area contributed by atoms with Gasteiger partial charge in [-0.3, -0.25) is 10.1 Å². The fourth-order valence-corrected chi connectivity index (χ4v) is 3.76. The summed E-state index contributed by atoms with van der Waals surface area (Å²) in [5.74, 6) is 0.612. The molecular weight excluding hydrogens is 344 g/mol. The van der Waals surface area contributed by atoms with E-state index in [0.29, 0.717) is 5.75 Å². The molecule has 0 saturated carbocycles. The van der Waals surface area contributed by atoms with Crippen molar-refractivity contribution >= 4 is 39.6 Å². The van der Waals surface area contributed by atoms with E-state index >= 15 is 0 Å². The van der Waals surface area contributed by atoms with Crippen molar-refractivity contribution in [3.8, 4) is 0 Å². The smallest absolute Gasteiger partial charge is 0.269 e. The lowest BCUT2D eigenvalue weighted by molar-refractivity contribution is -0.384. The molecule has 1 N–H and O–H groups in total. The molecule has 2 aromatic carbocycles. The minimum Gasteiger partial charge on any atom is -0.330 e. The van der Waals surface area contributed by atoms with Crippen LogP contribution in [0.1, 0.15) is 11.1 Å². The first kappa shape index (κ1) is 16.4. The Labute approximate surface area is 147 Å². The number of aryl methyl sites for hydroxylation is 1. The SMILES string of the molecule is Cc1ccccc1Nc1nnc(SCc2cccc([N+](=O)[O-])c2)s1. The molecule has 0 aliphatic carbocycles. The van der Waals surface area contributed by atoms with Crippen LogP contribution in [0.3, 0.4) is 0 Å². The van der Waals surface area contributed by atoms with Crippen LogP contribution in [-0.4, -0.2) is 15.1 Å². The number of nitro benzene ring substituents is 1. The van der Waals surface area contributed by atoms with E-state index in [1.165, 1.54) is 29.2 Å². The number of thioether (sulfide) groups is 1. The van der Waals surface area contributed by atoms with Gasteiger partial charge >= 0.3 is 0 Å². The van der Waals surface area contributed by atoms with Crippen molar-refractivity contribution < 1.29 is 4.92 Å². The molecule has 1 heterocycles. The van der Waals surface area contributed by atoms with Gasteiger partial charge in [-0.2, -0.15) is 0 Å². The van der Waals surface area contributed by atoms with Crippen LogP contribution in [-0.2, 0) is 5.75 Å². The maximum absolute atomic E-state index is 10.8. The van der Waals surface area contributed by atoms with Crippen molar-refractivity contribution in [2.75, 3.05) is 5.32 Å². The molecule has 0 aliphatic heterocycles. The summed E-state index contributed by atoms with van der Waals surface area (Å²) >= 11 is 2.97. The van der Waals surface area contributed by atoms with Crippen molar-refractivity contribution in [2.24, 2.45) is 0 Å². The minimum atomic E-state index is -0.386. The number of aromatic nitrogens is 2. The zero-order chi connectivity index (χ0) is 16.9. The van der Waals surface area contributed by atoms with Crippen molar-refractivity contribution in [1.29, 1.82) is 0 Å². The number of rotatable bonds is 6. The molecule has 0 amide bonds. The molecule has 0 spiro atoms. The van der Waals surface area contributed by atoms with Crippen molar-refractivity contribution in [1.82, 2.24) is 10.2 Å². The van der Waals surface area contributed by atoms with E-state index < -0.39 is 0 Å². The lowest BCUT2D eigenvalue weighted by atomic mass is 10.2. The first-order chi connectivity index (χ1) is 11.6. The Hall–Kier alpha value is -2.45. The van der Waals surface area contributed by atoms with Gasteiger partial charge in [0.15, 0.2) is 4.34 Å². The normalized spacial score (nSPS) is 10.5. The Morgan fingerprint density at radius 1 is 1.21 bits per heavy atom. The monoisotopic (exact) mass is 358 g/mol. The van der Waals surface area contributed by atoms with Crippen molar-refractivity contribution in [2.45, 2.75) is 17.0 Å². The Balaban J connectivity index is 1.63. The highest BCUT2D eigenvalue weighted by atomic mass is 32.2. The molecular formula is C16H14N4O2S2. The predicted octanol–water partition coefficient (Wildman–Crippen LogP) is 4.79. The van der Waals surface area contributed by atoms with Crippen LogP contribution in [0.2, 0.25) is 0 Å². The molecule has 0 aliphatic rings. The molecule has 1 aromatic heterocycles. The highest BCUT2D eigenvalue weighted by Gasteiger charge is 2.09. The van der Waals surface area contributed by atoms with E-state index in [-0.39, 0.29) is 10.6 Å². The second-order valence-electron chi connectivity index (χ2n) is 5.03. The summed E-state index contributed by atoms with van der Waals surface area (Å²) in [6, 6.07) is 14.6. The summed E-state index contributed by atoms with van der Waals surface area (Å²) in [4.78, 5) is 10.4. The van der Waals surface area contributed by atoms with Gasteiger partial charge in [-0.05, 0) is 24.1 Å². The van der Waals surface area contributed by atoms with E-state index in [1.807, 2.05) is 37.3 Å². The molecule has 0 radical (unpaired) electrons. The summed E-state index contributed by atoms with van der Waals surface area (Å²) in [6.07, 6.45) is 0.